The molecule has 0 amide bonds. The lowest BCUT2D eigenvalue weighted by Gasteiger charge is -2.16. The third-order valence-electron chi connectivity index (χ3n) is 3.56. The first-order valence-corrected chi connectivity index (χ1v) is 11.0. The Kier molecular flexibility index (Phi) is 5.78. The van der Waals surface area contributed by atoms with Crippen molar-refractivity contribution in [3.63, 3.8) is 0 Å². The summed E-state index contributed by atoms with van der Waals surface area (Å²) in [5, 5.41) is 0.270. The van der Waals surface area contributed by atoms with Crippen LogP contribution in [0.3, 0.4) is 0 Å². The van der Waals surface area contributed by atoms with Crippen LogP contribution in [0.1, 0.15) is 18.5 Å². The van der Waals surface area contributed by atoms with Crippen molar-refractivity contribution in [3.8, 4) is 5.75 Å². The third-order valence-corrected chi connectivity index (χ3v) is 6.48. The Bertz CT molecular complexity index is 970. The summed E-state index contributed by atoms with van der Waals surface area (Å²) in [6, 6.07) is 9.75. The number of nitrogens with one attached hydrogen (secondary N) is 1. The zero-order chi connectivity index (χ0) is 18.8. The van der Waals surface area contributed by atoms with Crippen LogP contribution in [0.2, 0.25) is 5.02 Å². The molecule has 0 unspecified atom stereocenters. The van der Waals surface area contributed by atoms with Crippen molar-refractivity contribution in [2.45, 2.75) is 22.8 Å². The second-order valence-corrected chi connectivity index (χ2v) is 9.61. The van der Waals surface area contributed by atoms with Crippen LogP contribution in [0.25, 0.3) is 0 Å². The average molecular weight is 404 g/mol. The highest BCUT2D eigenvalue weighted by Crippen LogP contribution is 2.28. The SMILES string of the molecule is COc1ccc(Cl)cc1S(=O)(=O)N[C@H](C)c1ccc(S(C)(=O)=O)cc1. The quantitative estimate of drug-likeness (QED) is 0.800. The van der Waals surface area contributed by atoms with Crippen molar-refractivity contribution in [2.75, 3.05) is 13.4 Å². The van der Waals surface area contributed by atoms with Gasteiger partial charge in [-0.2, -0.15) is 0 Å². The topological polar surface area (TPSA) is 89.5 Å². The maximum absolute atomic E-state index is 12.6. The number of methoxy groups -OCH3 is 1. The summed E-state index contributed by atoms with van der Waals surface area (Å²) in [6.07, 6.45) is 1.11. The molecule has 0 saturated carbocycles. The smallest absolute Gasteiger partial charge is 0.244 e. The van der Waals surface area contributed by atoms with Crippen molar-refractivity contribution in [3.05, 3.63) is 53.1 Å². The van der Waals surface area contributed by atoms with Gasteiger partial charge in [-0.25, -0.2) is 21.6 Å². The van der Waals surface area contributed by atoms with E-state index < -0.39 is 25.9 Å². The molecule has 2 aromatic carbocycles. The van der Waals surface area contributed by atoms with E-state index in [1.165, 1.54) is 37.4 Å². The maximum atomic E-state index is 12.6. The minimum atomic E-state index is -3.89. The van der Waals surface area contributed by atoms with E-state index in [0.29, 0.717) is 5.56 Å². The van der Waals surface area contributed by atoms with Gasteiger partial charge in [-0.05, 0) is 42.8 Å². The van der Waals surface area contributed by atoms with E-state index in [-0.39, 0.29) is 20.6 Å². The van der Waals surface area contributed by atoms with Crippen molar-refractivity contribution in [1.29, 1.82) is 0 Å². The van der Waals surface area contributed by atoms with Gasteiger partial charge in [0.2, 0.25) is 10.0 Å². The van der Waals surface area contributed by atoms with Gasteiger partial charge in [0.1, 0.15) is 10.6 Å². The molecule has 136 valence electrons. The van der Waals surface area contributed by atoms with Gasteiger partial charge >= 0.3 is 0 Å². The van der Waals surface area contributed by atoms with Crippen molar-refractivity contribution in [1.82, 2.24) is 4.72 Å². The molecule has 2 aromatic rings. The molecule has 0 aliphatic heterocycles. The van der Waals surface area contributed by atoms with E-state index in [4.69, 9.17) is 16.3 Å². The number of halogens is 1. The summed E-state index contributed by atoms with van der Waals surface area (Å²) in [5.74, 6) is 0.177. The number of sulfone groups is 1. The van der Waals surface area contributed by atoms with E-state index in [1.54, 1.807) is 19.1 Å². The van der Waals surface area contributed by atoms with E-state index >= 15 is 0 Å². The van der Waals surface area contributed by atoms with Crippen LogP contribution in [0.4, 0.5) is 0 Å². The van der Waals surface area contributed by atoms with Crippen molar-refractivity contribution >= 4 is 31.5 Å². The van der Waals surface area contributed by atoms with Gasteiger partial charge in [-0.15, -0.1) is 0 Å². The number of sulfonamides is 1. The standard InChI is InChI=1S/C16H18ClNO5S2/c1-11(12-4-7-14(8-5-12)24(3,19)20)18-25(21,22)16-10-13(17)6-9-15(16)23-2/h4-11,18H,1-3H3/t11-/m1/s1. The summed E-state index contributed by atoms with van der Waals surface area (Å²) in [4.78, 5) is 0.102. The van der Waals surface area contributed by atoms with Gasteiger partial charge in [-0.3, -0.25) is 0 Å². The van der Waals surface area contributed by atoms with Crippen LogP contribution in [-0.2, 0) is 19.9 Å². The molecule has 0 aliphatic rings. The molecule has 0 aromatic heterocycles. The van der Waals surface area contributed by atoms with Crippen LogP contribution in [-0.4, -0.2) is 30.2 Å². The first-order chi connectivity index (χ1) is 11.5. The molecule has 2 rings (SSSR count). The highest BCUT2D eigenvalue weighted by Gasteiger charge is 2.23. The molecule has 1 N–H and O–H groups in total. The molecule has 6 nitrogen and oxygen atoms in total. The molecular weight excluding hydrogens is 386 g/mol. The molecule has 0 fully saturated rings. The van der Waals surface area contributed by atoms with E-state index in [1.807, 2.05) is 0 Å². The average Bonchev–Trinajstić information content (AvgIpc) is 2.53. The second kappa shape index (κ2) is 7.33. The van der Waals surface area contributed by atoms with Gasteiger partial charge in [0.15, 0.2) is 9.84 Å². The number of hydrogen-bond donors (Lipinski definition) is 1. The monoisotopic (exact) mass is 403 g/mol. The lowest BCUT2D eigenvalue weighted by molar-refractivity contribution is 0.402. The van der Waals surface area contributed by atoms with Crippen LogP contribution < -0.4 is 9.46 Å². The Morgan fingerprint density at radius 1 is 1.04 bits per heavy atom. The van der Waals surface area contributed by atoms with Crippen LogP contribution in [0.15, 0.2) is 52.3 Å². The molecule has 0 bridgehead atoms. The van der Waals surface area contributed by atoms with Gasteiger partial charge in [-0.1, -0.05) is 23.7 Å². The molecule has 0 aliphatic carbocycles. The zero-order valence-electron chi connectivity index (χ0n) is 13.9. The molecular formula is C16H18ClNO5S2. The fourth-order valence-corrected chi connectivity index (χ4v) is 4.52. The van der Waals surface area contributed by atoms with Gasteiger partial charge in [0.05, 0.1) is 12.0 Å². The Labute approximate surface area is 152 Å². The fourth-order valence-electron chi connectivity index (χ4n) is 2.23. The van der Waals surface area contributed by atoms with E-state index in [2.05, 4.69) is 4.72 Å². The van der Waals surface area contributed by atoms with Crippen LogP contribution in [0.5, 0.6) is 5.75 Å². The number of rotatable bonds is 6. The van der Waals surface area contributed by atoms with E-state index in [9.17, 15) is 16.8 Å². The second-order valence-electron chi connectivity index (χ2n) is 5.48. The summed E-state index contributed by atoms with van der Waals surface area (Å²) in [5.41, 5.74) is 0.622. The predicted octanol–water partition coefficient (Wildman–Crippen LogP) is 2.79. The Balaban J connectivity index is 2.30. The number of benzene rings is 2. The largest absolute Gasteiger partial charge is 0.495 e. The van der Waals surface area contributed by atoms with Crippen molar-refractivity contribution in [2.24, 2.45) is 0 Å². The Hall–Kier alpha value is -1.61. The zero-order valence-corrected chi connectivity index (χ0v) is 16.2. The highest BCUT2D eigenvalue weighted by molar-refractivity contribution is 7.90. The molecule has 0 heterocycles. The van der Waals surface area contributed by atoms with Crippen LogP contribution in [0, 0.1) is 0 Å². The Morgan fingerprint density at radius 2 is 1.64 bits per heavy atom. The van der Waals surface area contributed by atoms with Crippen LogP contribution >= 0.6 is 11.6 Å². The summed E-state index contributed by atoms with van der Waals surface area (Å²) >= 11 is 5.89. The lowest BCUT2D eigenvalue weighted by Crippen LogP contribution is -2.27. The van der Waals surface area contributed by atoms with Gasteiger partial charge < -0.3 is 4.74 Å². The van der Waals surface area contributed by atoms with Gasteiger partial charge in [0, 0.05) is 17.3 Å². The normalized spacial score (nSPS) is 13.4. The molecule has 0 radical (unpaired) electrons. The number of ether oxygens (including phenoxy) is 1. The fraction of sp³-hybridized carbons (Fsp3) is 0.250. The minimum absolute atomic E-state index is 0.0675. The highest BCUT2D eigenvalue weighted by atomic mass is 35.5. The van der Waals surface area contributed by atoms with Gasteiger partial charge in [0.25, 0.3) is 0 Å². The minimum Gasteiger partial charge on any atom is -0.495 e. The van der Waals surface area contributed by atoms with E-state index in [0.717, 1.165) is 6.26 Å². The summed E-state index contributed by atoms with van der Waals surface area (Å²) < 4.78 is 55.9. The number of hydrogen-bond acceptors (Lipinski definition) is 5. The molecule has 0 saturated heterocycles. The molecule has 1 atom stereocenters. The molecule has 25 heavy (non-hydrogen) atoms. The molecule has 9 heteroatoms. The predicted molar refractivity (Wildman–Crippen MR) is 96.3 cm³/mol. The lowest BCUT2D eigenvalue weighted by atomic mass is 10.1. The first kappa shape index (κ1) is 19.7. The Morgan fingerprint density at radius 3 is 2.16 bits per heavy atom. The third kappa shape index (κ3) is 4.72. The summed E-state index contributed by atoms with van der Waals surface area (Å²) in [7, 11) is -5.83. The molecule has 0 spiro atoms. The first-order valence-electron chi connectivity index (χ1n) is 7.20. The maximum Gasteiger partial charge on any atom is 0.244 e. The summed E-state index contributed by atoms with van der Waals surface area (Å²) in [6.45, 7) is 1.66. The van der Waals surface area contributed by atoms with Crippen molar-refractivity contribution < 1.29 is 21.6 Å².